The van der Waals surface area contributed by atoms with Crippen molar-refractivity contribution < 1.29 is 4.74 Å². The predicted octanol–water partition coefficient (Wildman–Crippen LogP) is 2.97. The summed E-state index contributed by atoms with van der Waals surface area (Å²) in [5.74, 6) is 1.94. The molecule has 1 heterocycles. The first kappa shape index (κ1) is 12.0. The zero-order chi connectivity index (χ0) is 11.7. The Bertz CT molecular complexity index is 254. The molecule has 3 aliphatic rings. The van der Waals surface area contributed by atoms with Crippen molar-refractivity contribution in [3.63, 3.8) is 0 Å². The molecular weight excluding hydrogens is 210 g/mol. The molecule has 1 N–H and O–H groups in total. The number of nitrogens with one attached hydrogen (secondary N) is 1. The van der Waals surface area contributed by atoms with Crippen molar-refractivity contribution in [2.75, 3.05) is 19.8 Å². The van der Waals surface area contributed by atoms with E-state index in [1.165, 1.54) is 51.5 Å². The average molecular weight is 237 g/mol. The molecule has 3 fully saturated rings. The molecular formula is C15H27NO. The van der Waals surface area contributed by atoms with Crippen LogP contribution in [0, 0.1) is 17.3 Å². The fourth-order valence-corrected chi connectivity index (χ4v) is 3.44. The van der Waals surface area contributed by atoms with Crippen molar-refractivity contribution >= 4 is 0 Å². The number of hydrogen-bond donors (Lipinski definition) is 1. The maximum Gasteiger partial charge on any atom is 0.0468 e. The van der Waals surface area contributed by atoms with E-state index in [9.17, 15) is 0 Å². The molecule has 98 valence electrons. The third-order valence-corrected chi connectivity index (χ3v) is 5.03. The molecule has 0 aromatic carbocycles. The minimum atomic E-state index is 0.574. The highest BCUT2D eigenvalue weighted by Gasteiger charge is 2.43. The Morgan fingerprint density at radius 1 is 1.06 bits per heavy atom. The zero-order valence-corrected chi connectivity index (χ0v) is 11.2. The van der Waals surface area contributed by atoms with Gasteiger partial charge in [-0.05, 0) is 62.2 Å². The summed E-state index contributed by atoms with van der Waals surface area (Å²) in [4.78, 5) is 0. The van der Waals surface area contributed by atoms with Gasteiger partial charge in [0.2, 0.25) is 0 Å². The summed E-state index contributed by atoms with van der Waals surface area (Å²) in [6, 6.07) is 0.864. The van der Waals surface area contributed by atoms with Crippen LogP contribution in [0.3, 0.4) is 0 Å². The fourth-order valence-electron chi connectivity index (χ4n) is 3.44. The zero-order valence-electron chi connectivity index (χ0n) is 11.2. The first-order chi connectivity index (χ1) is 8.26. The highest BCUT2D eigenvalue weighted by molar-refractivity contribution is 4.96. The summed E-state index contributed by atoms with van der Waals surface area (Å²) in [7, 11) is 0. The Morgan fingerprint density at radius 3 is 2.35 bits per heavy atom. The summed E-state index contributed by atoms with van der Waals surface area (Å²) in [5.41, 5.74) is 0.574. The maximum atomic E-state index is 5.48. The van der Waals surface area contributed by atoms with Gasteiger partial charge >= 0.3 is 0 Å². The molecule has 1 saturated heterocycles. The Balaban J connectivity index is 1.53. The smallest absolute Gasteiger partial charge is 0.0468 e. The monoisotopic (exact) mass is 237 g/mol. The van der Waals surface area contributed by atoms with Gasteiger partial charge in [0.1, 0.15) is 0 Å². The summed E-state index contributed by atoms with van der Waals surface area (Å²) >= 11 is 0. The van der Waals surface area contributed by atoms with Gasteiger partial charge in [-0.1, -0.05) is 6.92 Å². The molecule has 0 spiro atoms. The molecule has 0 aromatic heterocycles. The second-order valence-corrected chi connectivity index (χ2v) is 6.84. The van der Waals surface area contributed by atoms with E-state index in [0.29, 0.717) is 5.41 Å². The van der Waals surface area contributed by atoms with Gasteiger partial charge in [-0.2, -0.15) is 0 Å². The molecule has 0 aromatic rings. The third-order valence-electron chi connectivity index (χ3n) is 5.03. The lowest BCUT2D eigenvalue weighted by molar-refractivity contribution is 0.0450. The Labute approximate surface area is 105 Å². The molecule has 1 atom stereocenters. The van der Waals surface area contributed by atoms with Crippen molar-refractivity contribution in [3.05, 3.63) is 0 Å². The van der Waals surface area contributed by atoms with Crippen LogP contribution in [0.4, 0.5) is 0 Å². The molecule has 0 amide bonds. The quantitative estimate of drug-likeness (QED) is 0.767. The van der Waals surface area contributed by atoms with Gasteiger partial charge in [0.25, 0.3) is 0 Å². The first-order valence-corrected chi connectivity index (χ1v) is 7.57. The van der Waals surface area contributed by atoms with Gasteiger partial charge in [0.05, 0.1) is 0 Å². The van der Waals surface area contributed by atoms with E-state index >= 15 is 0 Å². The minimum Gasteiger partial charge on any atom is -0.381 e. The summed E-state index contributed by atoms with van der Waals surface area (Å²) in [6.45, 7) is 5.80. The SMILES string of the molecule is CC(CNC1CC1)(CC1CCOCC1)C1CC1. The molecule has 17 heavy (non-hydrogen) atoms. The normalized spacial score (nSPS) is 30.2. The molecule has 1 aliphatic heterocycles. The number of ether oxygens (including phenoxy) is 1. The lowest BCUT2D eigenvalue weighted by Gasteiger charge is -2.35. The highest BCUT2D eigenvalue weighted by Crippen LogP contribution is 2.49. The van der Waals surface area contributed by atoms with E-state index in [1.54, 1.807) is 0 Å². The maximum absolute atomic E-state index is 5.48. The predicted molar refractivity (Wildman–Crippen MR) is 70.0 cm³/mol. The Morgan fingerprint density at radius 2 is 1.76 bits per heavy atom. The van der Waals surface area contributed by atoms with Crippen molar-refractivity contribution in [2.24, 2.45) is 17.3 Å². The van der Waals surface area contributed by atoms with Crippen molar-refractivity contribution in [1.29, 1.82) is 0 Å². The van der Waals surface area contributed by atoms with Crippen LogP contribution in [0.25, 0.3) is 0 Å². The molecule has 1 unspecified atom stereocenters. The molecule has 2 nitrogen and oxygen atoms in total. The lowest BCUT2D eigenvalue weighted by atomic mass is 9.74. The van der Waals surface area contributed by atoms with E-state index in [1.807, 2.05) is 0 Å². The molecule has 2 aliphatic carbocycles. The summed E-state index contributed by atoms with van der Waals surface area (Å²) in [6.07, 6.45) is 9.81. The van der Waals surface area contributed by atoms with E-state index in [-0.39, 0.29) is 0 Å². The summed E-state index contributed by atoms with van der Waals surface area (Å²) in [5, 5.41) is 3.78. The standard InChI is InChI=1S/C15H27NO/c1-15(13-2-3-13,11-16-14-4-5-14)10-12-6-8-17-9-7-12/h12-14,16H,2-11H2,1H3. The molecule has 0 bridgehead atoms. The topological polar surface area (TPSA) is 21.3 Å². The highest BCUT2D eigenvalue weighted by atomic mass is 16.5. The average Bonchev–Trinajstić information content (AvgIpc) is 3.18. The fraction of sp³-hybridized carbons (Fsp3) is 1.00. The van der Waals surface area contributed by atoms with Crippen LogP contribution in [-0.2, 0) is 4.74 Å². The minimum absolute atomic E-state index is 0.574. The van der Waals surface area contributed by atoms with Crippen LogP contribution in [0.15, 0.2) is 0 Å². The van der Waals surface area contributed by atoms with E-state index in [4.69, 9.17) is 4.74 Å². The molecule has 0 radical (unpaired) electrons. The van der Waals surface area contributed by atoms with Gasteiger partial charge in [0, 0.05) is 25.8 Å². The van der Waals surface area contributed by atoms with Crippen LogP contribution in [0.5, 0.6) is 0 Å². The van der Waals surface area contributed by atoms with Gasteiger partial charge in [-0.15, -0.1) is 0 Å². The van der Waals surface area contributed by atoms with Crippen LogP contribution in [0.2, 0.25) is 0 Å². The first-order valence-electron chi connectivity index (χ1n) is 7.57. The van der Waals surface area contributed by atoms with Crippen LogP contribution < -0.4 is 5.32 Å². The van der Waals surface area contributed by atoms with Crippen molar-refractivity contribution in [2.45, 2.75) is 57.9 Å². The second kappa shape index (κ2) is 4.89. The lowest BCUT2D eigenvalue weighted by Crippen LogP contribution is -2.37. The van der Waals surface area contributed by atoms with Gasteiger partial charge in [0.15, 0.2) is 0 Å². The van der Waals surface area contributed by atoms with Crippen molar-refractivity contribution in [1.82, 2.24) is 5.32 Å². The summed E-state index contributed by atoms with van der Waals surface area (Å²) < 4.78 is 5.48. The molecule has 2 saturated carbocycles. The van der Waals surface area contributed by atoms with Crippen LogP contribution in [0.1, 0.15) is 51.9 Å². The third kappa shape index (κ3) is 3.23. The van der Waals surface area contributed by atoms with Crippen LogP contribution >= 0.6 is 0 Å². The largest absolute Gasteiger partial charge is 0.381 e. The van der Waals surface area contributed by atoms with Gasteiger partial charge < -0.3 is 10.1 Å². The van der Waals surface area contributed by atoms with E-state index in [2.05, 4.69) is 12.2 Å². The number of hydrogen-bond acceptors (Lipinski definition) is 2. The molecule has 2 heteroatoms. The second-order valence-electron chi connectivity index (χ2n) is 6.84. The van der Waals surface area contributed by atoms with Crippen molar-refractivity contribution in [3.8, 4) is 0 Å². The van der Waals surface area contributed by atoms with Crippen LogP contribution in [-0.4, -0.2) is 25.8 Å². The van der Waals surface area contributed by atoms with Gasteiger partial charge in [-0.3, -0.25) is 0 Å². The Hall–Kier alpha value is -0.0800. The molecule has 3 rings (SSSR count). The number of rotatable bonds is 6. The van der Waals surface area contributed by atoms with E-state index in [0.717, 1.165) is 31.1 Å². The van der Waals surface area contributed by atoms with E-state index < -0.39 is 0 Å². The Kier molecular flexibility index (Phi) is 3.45. The van der Waals surface area contributed by atoms with Gasteiger partial charge in [-0.25, -0.2) is 0 Å².